The number of aromatic nitrogens is 2. The fourth-order valence-corrected chi connectivity index (χ4v) is 3.12. The van der Waals surface area contributed by atoms with E-state index >= 15 is 0 Å². The number of thiol groups is 1. The highest BCUT2D eigenvalue weighted by atomic mass is 32.1. The molecule has 1 aromatic heterocycles. The Morgan fingerprint density at radius 2 is 1.64 bits per heavy atom. The standard InChI is InChI=1S/C19H31N7O6S/c1-9(2)3-11(20)16(28)24-12(5-15(21)27)17(29)26-14(7-33)18(30)25-13(19(31)32)4-10-6-22-8-23-10/h6,8-9,11-14,33H,3-5,7,20H2,1-2H3,(H2,21,27)(H,22,23)(H,24,28)(H,25,30)(H,26,29)(H,31,32). The number of carboxylic acid groups (broad SMARTS) is 1. The molecule has 33 heavy (non-hydrogen) atoms. The highest BCUT2D eigenvalue weighted by Gasteiger charge is 2.30. The Morgan fingerprint density at radius 3 is 2.12 bits per heavy atom. The molecule has 0 aromatic carbocycles. The molecule has 9 N–H and O–H groups in total. The third-order valence-corrected chi connectivity index (χ3v) is 4.87. The Hall–Kier alpha value is -3.13. The van der Waals surface area contributed by atoms with E-state index in [1.165, 1.54) is 12.5 Å². The van der Waals surface area contributed by atoms with Gasteiger partial charge in [0.2, 0.25) is 23.6 Å². The van der Waals surface area contributed by atoms with Crippen LogP contribution in [0.1, 0.15) is 32.4 Å². The first-order valence-corrected chi connectivity index (χ1v) is 10.8. The fraction of sp³-hybridized carbons (Fsp3) is 0.579. The Kier molecular flexibility index (Phi) is 11.4. The van der Waals surface area contributed by atoms with Gasteiger partial charge in [0, 0.05) is 24.1 Å². The monoisotopic (exact) mass is 485 g/mol. The van der Waals surface area contributed by atoms with Crippen LogP contribution < -0.4 is 27.4 Å². The number of aliphatic carboxylic acids is 1. The van der Waals surface area contributed by atoms with E-state index < -0.39 is 60.2 Å². The Labute approximate surface area is 196 Å². The molecule has 13 nitrogen and oxygen atoms in total. The van der Waals surface area contributed by atoms with Crippen LogP contribution >= 0.6 is 12.6 Å². The van der Waals surface area contributed by atoms with Crippen molar-refractivity contribution in [3.63, 3.8) is 0 Å². The van der Waals surface area contributed by atoms with E-state index in [4.69, 9.17) is 11.5 Å². The van der Waals surface area contributed by atoms with Gasteiger partial charge in [0.15, 0.2) is 0 Å². The summed E-state index contributed by atoms with van der Waals surface area (Å²) in [5.41, 5.74) is 11.5. The number of carbonyl (C=O) groups is 5. The largest absolute Gasteiger partial charge is 0.480 e. The Bertz CT molecular complexity index is 833. The third kappa shape index (κ3) is 9.91. The van der Waals surface area contributed by atoms with Crippen LogP contribution in [0.15, 0.2) is 12.5 Å². The molecule has 4 amide bonds. The maximum atomic E-state index is 12.7. The molecule has 1 heterocycles. The van der Waals surface area contributed by atoms with Gasteiger partial charge < -0.3 is 37.5 Å². The molecule has 184 valence electrons. The molecule has 0 aliphatic heterocycles. The lowest BCUT2D eigenvalue weighted by Gasteiger charge is -2.24. The van der Waals surface area contributed by atoms with E-state index in [9.17, 15) is 29.1 Å². The maximum absolute atomic E-state index is 12.7. The van der Waals surface area contributed by atoms with E-state index in [1.807, 2.05) is 13.8 Å². The number of H-pyrrole nitrogens is 1. The second-order valence-electron chi connectivity index (χ2n) is 7.89. The topological polar surface area (TPSA) is 222 Å². The number of primary amides is 1. The number of rotatable bonds is 14. The molecule has 0 saturated heterocycles. The van der Waals surface area contributed by atoms with Crippen LogP contribution in [0, 0.1) is 5.92 Å². The van der Waals surface area contributed by atoms with Gasteiger partial charge >= 0.3 is 5.97 Å². The minimum Gasteiger partial charge on any atom is -0.480 e. The average Bonchev–Trinajstić information content (AvgIpc) is 3.22. The normalized spacial score (nSPS) is 14.6. The van der Waals surface area contributed by atoms with Gasteiger partial charge in [0.25, 0.3) is 0 Å². The van der Waals surface area contributed by atoms with Crippen molar-refractivity contribution in [3.05, 3.63) is 18.2 Å². The van der Waals surface area contributed by atoms with Crippen molar-refractivity contribution in [2.45, 2.75) is 57.3 Å². The van der Waals surface area contributed by atoms with Crippen LogP contribution in [-0.2, 0) is 30.4 Å². The zero-order valence-electron chi connectivity index (χ0n) is 18.4. The van der Waals surface area contributed by atoms with Crippen LogP contribution in [0.4, 0.5) is 0 Å². The molecule has 1 rings (SSSR count). The number of nitrogens with two attached hydrogens (primary N) is 2. The molecular formula is C19H31N7O6S. The Balaban J connectivity index is 2.84. The van der Waals surface area contributed by atoms with E-state index in [1.54, 1.807) is 0 Å². The van der Waals surface area contributed by atoms with Gasteiger partial charge in [-0.1, -0.05) is 13.8 Å². The summed E-state index contributed by atoms with van der Waals surface area (Å²) >= 11 is 4.03. The highest BCUT2D eigenvalue weighted by molar-refractivity contribution is 7.80. The van der Waals surface area contributed by atoms with Crippen molar-refractivity contribution < 1.29 is 29.1 Å². The zero-order valence-corrected chi connectivity index (χ0v) is 19.3. The molecule has 0 fully saturated rings. The van der Waals surface area contributed by atoms with Crippen LogP contribution in [0.25, 0.3) is 0 Å². The van der Waals surface area contributed by atoms with Crippen LogP contribution in [-0.4, -0.2) is 74.6 Å². The summed E-state index contributed by atoms with van der Waals surface area (Å²) in [7, 11) is 0. The van der Waals surface area contributed by atoms with Crippen LogP contribution in [0.2, 0.25) is 0 Å². The lowest BCUT2D eigenvalue weighted by atomic mass is 10.0. The van der Waals surface area contributed by atoms with Gasteiger partial charge in [-0.25, -0.2) is 9.78 Å². The summed E-state index contributed by atoms with van der Waals surface area (Å²) in [4.78, 5) is 67.0. The summed E-state index contributed by atoms with van der Waals surface area (Å²) < 4.78 is 0. The van der Waals surface area contributed by atoms with Gasteiger partial charge in [0.1, 0.15) is 18.1 Å². The molecule has 0 saturated carbocycles. The molecular weight excluding hydrogens is 454 g/mol. The van der Waals surface area contributed by atoms with Crippen LogP contribution in [0.5, 0.6) is 0 Å². The first-order chi connectivity index (χ1) is 15.4. The van der Waals surface area contributed by atoms with Gasteiger partial charge in [-0.15, -0.1) is 0 Å². The molecule has 0 bridgehead atoms. The second-order valence-corrected chi connectivity index (χ2v) is 8.26. The molecule has 4 atom stereocenters. The molecule has 4 unspecified atom stereocenters. The number of hydrogen-bond acceptors (Lipinski definition) is 8. The first-order valence-electron chi connectivity index (χ1n) is 10.2. The Morgan fingerprint density at radius 1 is 1.06 bits per heavy atom. The number of amides is 4. The quantitative estimate of drug-likeness (QED) is 0.133. The number of aromatic amines is 1. The zero-order chi connectivity index (χ0) is 25.1. The molecule has 0 radical (unpaired) electrons. The summed E-state index contributed by atoms with van der Waals surface area (Å²) in [5, 5.41) is 16.4. The lowest BCUT2D eigenvalue weighted by molar-refractivity contribution is -0.142. The van der Waals surface area contributed by atoms with E-state index in [0.29, 0.717) is 12.1 Å². The van der Waals surface area contributed by atoms with Gasteiger partial charge in [0.05, 0.1) is 18.8 Å². The van der Waals surface area contributed by atoms with Gasteiger partial charge in [-0.2, -0.15) is 12.6 Å². The van der Waals surface area contributed by atoms with Crippen molar-refractivity contribution >= 4 is 42.2 Å². The fourth-order valence-electron chi connectivity index (χ4n) is 2.86. The second kappa shape index (κ2) is 13.4. The molecule has 1 aromatic rings. The maximum Gasteiger partial charge on any atom is 0.326 e. The van der Waals surface area contributed by atoms with E-state index in [-0.39, 0.29) is 18.1 Å². The SMILES string of the molecule is CC(C)CC(N)C(=O)NC(CC(N)=O)C(=O)NC(CS)C(=O)NC(Cc1cnc[nH]1)C(=O)O. The van der Waals surface area contributed by atoms with E-state index in [0.717, 1.165) is 0 Å². The number of hydrogen-bond donors (Lipinski definition) is 8. The van der Waals surface area contributed by atoms with Crippen molar-refractivity contribution in [1.82, 2.24) is 25.9 Å². The minimum absolute atomic E-state index is 0.0671. The van der Waals surface area contributed by atoms with Crippen molar-refractivity contribution in [1.29, 1.82) is 0 Å². The highest BCUT2D eigenvalue weighted by Crippen LogP contribution is 2.05. The smallest absolute Gasteiger partial charge is 0.326 e. The molecule has 14 heteroatoms. The summed E-state index contributed by atoms with van der Waals surface area (Å²) in [6, 6.07) is -4.83. The molecule has 0 aliphatic rings. The molecule has 0 spiro atoms. The average molecular weight is 486 g/mol. The summed E-state index contributed by atoms with van der Waals surface area (Å²) in [6.07, 6.45) is 2.55. The molecule has 0 aliphatic carbocycles. The summed E-state index contributed by atoms with van der Waals surface area (Å²) in [6.45, 7) is 3.74. The minimum atomic E-state index is -1.37. The third-order valence-electron chi connectivity index (χ3n) is 4.51. The van der Waals surface area contributed by atoms with E-state index in [2.05, 4.69) is 38.5 Å². The number of carbonyl (C=O) groups excluding carboxylic acids is 4. The number of nitrogens with one attached hydrogen (secondary N) is 4. The number of carboxylic acids is 1. The van der Waals surface area contributed by atoms with Crippen molar-refractivity contribution in [3.8, 4) is 0 Å². The first kappa shape index (κ1) is 27.9. The summed E-state index contributed by atoms with van der Waals surface area (Å²) in [5.74, 6) is -4.54. The predicted molar refractivity (Wildman–Crippen MR) is 121 cm³/mol. The number of nitrogens with zero attached hydrogens (tertiary/aromatic N) is 1. The predicted octanol–water partition coefficient (Wildman–Crippen LogP) is -2.33. The van der Waals surface area contributed by atoms with Gasteiger partial charge in [-0.05, 0) is 12.3 Å². The lowest BCUT2D eigenvalue weighted by Crippen LogP contribution is -2.58. The van der Waals surface area contributed by atoms with Crippen LogP contribution in [0.3, 0.4) is 0 Å². The van der Waals surface area contributed by atoms with Crippen molar-refractivity contribution in [2.75, 3.05) is 5.75 Å². The van der Waals surface area contributed by atoms with Crippen molar-refractivity contribution in [2.24, 2.45) is 17.4 Å². The van der Waals surface area contributed by atoms with Gasteiger partial charge in [-0.3, -0.25) is 19.2 Å². The number of imidazole rings is 1.